The van der Waals surface area contributed by atoms with E-state index in [4.69, 9.17) is 0 Å². The number of thioether (sulfide) groups is 1. The van der Waals surface area contributed by atoms with Crippen LogP contribution in [0.4, 0.5) is 5.69 Å². The fourth-order valence-electron chi connectivity index (χ4n) is 2.49. The van der Waals surface area contributed by atoms with Gasteiger partial charge in [0.1, 0.15) is 0 Å². The molecule has 134 valence electrons. The molecule has 3 aromatic rings. The predicted molar refractivity (Wildman–Crippen MR) is 112 cm³/mol. The van der Waals surface area contributed by atoms with Crippen LogP contribution in [0.15, 0.2) is 89.8 Å². The topological polar surface area (TPSA) is 46.2 Å². The van der Waals surface area contributed by atoms with E-state index in [1.54, 1.807) is 60.3 Å². The Labute approximate surface area is 163 Å². The number of hydrogen-bond acceptors (Lipinski definition) is 3. The zero-order valence-corrected chi connectivity index (χ0v) is 15.7. The second-order valence-corrected chi connectivity index (χ2v) is 6.75. The summed E-state index contributed by atoms with van der Waals surface area (Å²) in [5.74, 6) is -0.256. The van der Waals surface area contributed by atoms with Crippen molar-refractivity contribution in [1.82, 2.24) is 0 Å². The van der Waals surface area contributed by atoms with Gasteiger partial charge in [0.2, 0.25) is 0 Å². The van der Waals surface area contributed by atoms with Gasteiger partial charge in [0.15, 0.2) is 5.78 Å². The number of rotatable bonds is 6. The summed E-state index contributed by atoms with van der Waals surface area (Å²) in [6.07, 6.45) is 5.39. The maximum Gasteiger partial charge on any atom is 0.255 e. The van der Waals surface area contributed by atoms with E-state index in [9.17, 15) is 9.59 Å². The van der Waals surface area contributed by atoms with E-state index >= 15 is 0 Å². The molecule has 0 atom stereocenters. The first-order valence-corrected chi connectivity index (χ1v) is 9.71. The van der Waals surface area contributed by atoms with Crippen molar-refractivity contribution < 1.29 is 9.59 Å². The maximum atomic E-state index is 12.3. The molecule has 0 spiro atoms. The van der Waals surface area contributed by atoms with E-state index < -0.39 is 0 Å². The number of amides is 1. The van der Waals surface area contributed by atoms with Crippen LogP contribution in [-0.2, 0) is 0 Å². The van der Waals surface area contributed by atoms with Gasteiger partial charge in [-0.15, -0.1) is 11.8 Å². The van der Waals surface area contributed by atoms with Crippen LogP contribution in [0.5, 0.6) is 0 Å². The standard InChI is InChI=1S/C23H19NO2S/c1-27-21-14-7-17(8-15-21)9-16-22(25)18-10-12-20(13-11-18)24-23(26)19-5-3-2-4-6-19/h2-16H,1H3,(H,24,26). The average molecular weight is 373 g/mol. The molecule has 0 aliphatic carbocycles. The first-order valence-electron chi connectivity index (χ1n) is 8.48. The third-order valence-corrected chi connectivity index (χ3v) is 4.75. The fraction of sp³-hybridized carbons (Fsp3) is 0.0435. The van der Waals surface area contributed by atoms with Gasteiger partial charge in [-0.2, -0.15) is 0 Å². The molecule has 0 bridgehead atoms. The minimum absolute atomic E-state index is 0.0788. The summed E-state index contributed by atoms with van der Waals surface area (Å²) < 4.78 is 0. The minimum atomic E-state index is -0.178. The smallest absolute Gasteiger partial charge is 0.255 e. The summed E-state index contributed by atoms with van der Waals surface area (Å²) in [5, 5.41) is 2.82. The van der Waals surface area contributed by atoms with Gasteiger partial charge in [0.25, 0.3) is 5.91 Å². The first-order chi connectivity index (χ1) is 13.2. The third kappa shape index (κ3) is 5.19. The molecular formula is C23H19NO2S. The van der Waals surface area contributed by atoms with Gasteiger partial charge >= 0.3 is 0 Å². The molecule has 1 amide bonds. The van der Waals surface area contributed by atoms with Crippen LogP contribution < -0.4 is 5.32 Å². The third-order valence-electron chi connectivity index (χ3n) is 4.01. The van der Waals surface area contributed by atoms with Crippen molar-refractivity contribution in [3.05, 3.63) is 102 Å². The molecule has 0 unspecified atom stereocenters. The SMILES string of the molecule is CSc1ccc(C=CC(=O)c2ccc(NC(=O)c3ccccc3)cc2)cc1. The minimum Gasteiger partial charge on any atom is -0.322 e. The highest BCUT2D eigenvalue weighted by atomic mass is 32.2. The molecular weight excluding hydrogens is 354 g/mol. The molecule has 0 aliphatic rings. The number of nitrogens with one attached hydrogen (secondary N) is 1. The van der Waals surface area contributed by atoms with Gasteiger partial charge < -0.3 is 5.32 Å². The lowest BCUT2D eigenvalue weighted by molar-refractivity contribution is 0.102. The van der Waals surface area contributed by atoms with Crippen molar-refractivity contribution in [1.29, 1.82) is 0 Å². The largest absolute Gasteiger partial charge is 0.322 e. The molecule has 3 aromatic carbocycles. The van der Waals surface area contributed by atoms with Crippen molar-refractivity contribution in [2.24, 2.45) is 0 Å². The lowest BCUT2D eigenvalue weighted by atomic mass is 10.1. The van der Waals surface area contributed by atoms with Gasteiger partial charge in [-0.1, -0.05) is 36.4 Å². The fourth-order valence-corrected chi connectivity index (χ4v) is 2.90. The van der Waals surface area contributed by atoms with Gasteiger partial charge in [-0.3, -0.25) is 9.59 Å². The van der Waals surface area contributed by atoms with Gasteiger partial charge in [-0.05, 0) is 66.4 Å². The molecule has 1 N–H and O–H groups in total. The Morgan fingerprint density at radius 2 is 1.48 bits per heavy atom. The number of anilines is 1. The van der Waals surface area contributed by atoms with Crippen molar-refractivity contribution >= 4 is 35.2 Å². The summed E-state index contributed by atoms with van der Waals surface area (Å²) in [5.41, 5.74) is 2.79. The highest BCUT2D eigenvalue weighted by molar-refractivity contribution is 7.98. The van der Waals surface area contributed by atoms with E-state index in [1.165, 1.54) is 4.90 Å². The van der Waals surface area contributed by atoms with Crippen LogP contribution in [0, 0.1) is 0 Å². The summed E-state index contributed by atoms with van der Waals surface area (Å²) >= 11 is 1.68. The molecule has 0 radical (unpaired) electrons. The van der Waals surface area contributed by atoms with Gasteiger partial charge in [-0.25, -0.2) is 0 Å². The zero-order valence-electron chi connectivity index (χ0n) is 14.9. The molecule has 3 nitrogen and oxygen atoms in total. The first kappa shape index (κ1) is 18.7. The maximum absolute atomic E-state index is 12.3. The van der Waals surface area contributed by atoms with Crippen molar-refractivity contribution in [2.75, 3.05) is 11.6 Å². The lowest BCUT2D eigenvalue weighted by Crippen LogP contribution is -2.11. The van der Waals surface area contributed by atoms with E-state index in [2.05, 4.69) is 5.32 Å². The highest BCUT2D eigenvalue weighted by Gasteiger charge is 2.06. The summed E-state index contributed by atoms with van der Waals surface area (Å²) in [6.45, 7) is 0. The number of ketones is 1. The second-order valence-electron chi connectivity index (χ2n) is 5.87. The quantitative estimate of drug-likeness (QED) is 0.350. The van der Waals surface area contributed by atoms with E-state index in [-0.39, 0.29) is 11.7 Å². The van der Waals surface area contributed by atoms with E-state index in [0.717, 1.165) is 5.56 Å². The molecule has 0 heterocycles. The Kier molecular flexibility index (Phi) is 6.23. The predicted octanol–water partition coefficient (Wildman–Crippen LogP) is 5.56. The van der Waals surface area contributed by atoms with E-state index in [0.29, 0.717) is 16.8 Å². The average Bonchev–Trinajstić information content (AvgIpc) is 2.73. The van der Waals surface area contributed by atoms with Gasteiger partial charge in [0.05, 0.1) is 0 Å². The number of hydrogen-bond donors (Lipinski definition) is 1. The highest BCUT2D eigenvalue weighted by Crippen LogP contribution is 2.16. The van der Waals surface area contributed by atoms with Crippen LogP contribution in [0.2, 0.25) is 0 Å². The Balaban J connectivity index is 1.63. The normalized spacial score (nSPS) is 10.7. The van der Waals surface area contributed by atoms with Crippen LogP contribution >= 0.6 is 11.8 Å². The Hall–Kier alpha value is -3.11. The summed E-state index contributed by atoms with van der Waals surface area (Å²) in [7, 11) is 0. The van der Waals surface area contributed by atoms with Crippen molar-refractivity contribution in [3.63, 3.8) is 0 Å². The number of carbonyl (C=O) groups is 2. The lowest BCUT2D eigenvalue weighted by Gasteiger charge is -2.05. The van der Waals surface area contributed by atoms with Gasteiger partial charge in [0, 0.05) is 21.7 Å². The molecule has 0 saturated carbocycles. The molecule has 3 rings (SSSR count). The molecule has 0 aliphatic heterocycles. The van der Waals surface area contributed by atoms with Crippen LogP contribution in [-0.4, -0.2) is 17.9 Å². The van der Waals surface area contributed by atoms with Crippen LogP contribution in [0.1, 0.15) is 26.3 Å². The molecule has 0 aromatic heterocycles. The monoisotopic (exact) mass is 373 g/mol. The number of benzene rings is 3. The Morgan fingerprint density at radius 1 is 0.815 bits per heavy atom. The second kappa shape index (κ2) is 9.01. The molecule has 0 fully saturated rings. The van der Waals surface area contributed by atoms with Crippen molar-refractivity contribution in [2.45, 2.75) is 4.90 Å². The van der Waals surface area contributed by atoms with E-state index in [1.807, 2.05) is 48.7 Å². The van der Waals surface area contributed by atoms with Crippen molar-refractivity contribution in [3.8, 4) is 0 Å². The summed E-state index contributed by atoms with van der Waals surface area (Å²) in [6, 6.07) is 23.9. The van der Waals surface area contributed by atoms with Crippen LogP contribution in [0.25, 0.3) is 6.08 Å². The Bertz CT molecular complexity index is 946. The molecule has 27 heavy (non-hydrogen) atoms. The number of allylic oxidation sites excluding steroid dienone is 1. The zero-order chi connectivity index (χ0) is 19.1. The molecule has 0 saturated heterocycles. The summed E-state index contributed by atoms with van der Waals surface area (Å²) in [4.78, 5) is 25.7. The van der Waals surface area contributed by atoms with Crippen LogP contribution in [0.3, 0.4) is 0 Å². The number of carbonyl (C=O) groups excluding carboxylic acids is 2. The Morgan fingerprint density at radius 3 is 2.11 bits per heavy atom. The molecule has 4 heteroatoms.